The predicted octanol–water partition coefficient (Wildman–Crippen LogP) is 3.90. The molecule has 0 fully saturated rings. The highest BCUT2D eigenvalue weighted by Crippen LogP contribution is 2.33. The Balaban J connectivity index is 1.74. The quantitative estimate of drug-likeness (QED) is 0.404. The first-order valence-electron chi connectivity index (χ1n) is 8.53. The molecule has 146 valence electrons. The van der Waals surface area contributed by atoms with Crippen molar-refractivity contribution < 1.29 is 14.1 Å². The number of methoxy groups -OCH3 is 1. The van der Waals surface area contributed by atoms with Crippen molar-refractivity contribution in [1.82, 2.24) is 19.4 Å². The zero-order chi connectivity index (χ0) is 20.5. The Morgan fingerprint density at radius 2 is 2.07 bits per heavy atom. The molecule has 9 nitrogen and oxygen atoms in total. The molecule has 1 aromatic carbocycles. The summed E-state index contributed by atoms with van der Waals surface area (Å²) < 4.78 is 20.9. The number of aromatic nitrogens is 4. The van der Waals surface area contributed by atoms with Crippen molar-refractivity contribution in [2.24, 2.45) is 0 Å². The number of fused-ring (bicyclic) bond motifs is 1. The van der Waals surface area contributed by atoms with E-state index in [2.05, 4.69) is 20.3 Å². The molecule has 29 heavy (non-hydrogen) atoms. The summed E-state index contributed by atoms with van der Waals surface area (Å²) in [6, 6.07) is 9.52. The summed E-state index contributed by atoms with van der Waals surface area (Å²) >= 11 is 0. The number of hydrogen-bond acceptors (Lipinski definition) is 7. The fraction of sp³-hybridized carbons (Fsp3) is 0.105. The topological polar surface area (TPSA) is 107 Å². The molecule has 0 saturated carbocycles. The van der Waals surface area contributed by atoms with Crippen molar-refractivity contribution >= 4 is 22.8 Å². The molecule has 0 saturated heterocycles. The van der Waals surface area contributed by atoms with E-state index in [1.54, 1.807) is 12.4 Å². The molecule has 1 N–H and O–H groups in total. The molecule has 4 aromatic rings. The monoisotopic (exact) mass is 394 g/mol. The van der Waals surface area contributed by atoms with Gasteiger partial charge < -0.3 is 14.5 Å². The summed E-state index contributed by atoms with van der Waals surface area (Å²) in [4.78, 5) is 23.3. The van der Waals surface area contributed by atoms with Gasteiger partial charge in [0.2, 0.25) is 11.8 Å². The number of halogens is 1. The number of nitrogens with one attached hydrogen (secondary N) is 1. The minimum Gasteiger partial charge on any atom is -0.494 e. The molecule has 0 aliphatic rings. The molecule has 0 spiro atoms. The van der Waals surface area contributed by atoms with Crippen molar-refractivity contribution in [3.05, 3.63) is 70.5 Å². The number of aryl methyl sites for hydroxylation is 1. The lowest BCUT2D eigenvalue weighted by Gasteiger charge is -2.11. The number of imidazole rings is 1. The summed E-state index contributed by atoms with van der Waals surface area (Å²) in [6.07, 6.45) is 3.25. The number of ether oxygens (including phenoxy) is 1. The van der Waals surface area contributed by atoms with Crippen LogP contribution in [0.2, 0.25) is 0 Å². The fourth-order valence-corrected chi connectivity index (χ4v) is 2.98. The van der Waals surface area contributed by atoms with Crippen LogP contribution in [0, 0.1) is 22.9 Å². The summed E-state index contributed by atoms with van der Waals surface area (Å²) in [5.74, 6) is -0.743. The Hall–Kier alpha value is -4.08. The lowest BCUT2D eigenvalue weighted by Crippen LogP contribution is -2.02. The largest absolute Gasteiger partial charge is 0.494 e. The van der Waals surface area contributed by atoms with Crippen LogP contribution < -0.4 is 10.1 Å². The van der Waals surface area contributed by atoms with E-state index in [1.165, 1.54) is 13.3 Å². The molecule has 0 unspecified atom stereocenters. The van der Waals surface area contributed by atoms with Gasteiger partial charge in [0.25, 0.3) is 0 Å². The SMILES string of the molecule is COc1cc(F)c([N+](=O)[O-])cc1Nc1nccc(-c2ncn3c(C)cccc23)n1. The van der Waals surface area contributed by atoms with E-state index in [1.807, 2.05) is 29.5 Å². The summed E-state index contributed by atoms with van der Waals surface area (Å²) in [6.45, 7) is 1.97. The van der Waals surface area contributed by atoms with E-state index >= 15 is 0 Å². The van der Waals surface area contributed by atoms with Gasteiger partial charge in [0.05, 0.1) is 28.9 Å². The van der Waals surface area contributed by atoms with Crippen molar-refractivity contribution in [2.75, 3.05) is 12.4 Å². The molecule has 3 heterocycles. The van der Waals surface area contributed by atoms with Crippen LogP contribution >= 0.6 is 0 Å². The minimum absolute atomic E-state index is 0.0881. The first-order valence-corrected chi connectivity index (χ1v) is 8.53. The van der Waals surface area contributed by atoms with Gasteiger partial charge in [-0.15, -0.1) is 0 Å². The van der Waals surface area contributed by atoms with Crippen LogP contribution in [0.3, 0.4) is 0 Å². The smallest absolute Gasteiger partial charge is 0.307 e. The van der Waals surface area contributed by atoms with Gasteiger partial charge in [0.1, 0.15) is 17.8 Å². The lowest BCUT2D eigenvalue weighted by molar-refractivity contribution is -0.387. The van der Waals surface area contributed by atoms with Gasteiger partial charge in [-0.3, -0.25) is 10.1 Å². The van der Waals surface area contributed by atoms with E-state index in [0.29, 0.717) is 11.4 Å². The number of rotatable bonds is 5. The Labute approximate surface area is 164 Å². The molecule has 0 atom stereocenters. The fourth-order valence-electron chi connectivity index (χ4n) is 2.98. The highest BCUT2D eigenvalue weighted by atomic mass is 19.1. The van der Waals surface area contributed by atoms with Crippen LogP contribution in [-0.4, -0.2) is 31.4 Å². The molecule has 3 aromatic heterocycles. The van der Waals surface area contributed by atoms with Gasteiger partial charge in [-0.05, 0) is 25.1 Å². The summed E-state index contributed by atoms with van der Waals surface area (Å²) in [5, 5.41) is 13.9. The molecule has 0 bridgehead atoms. The molecule has 10 heteroatoms. The maximum Gasteiger partial charge on any atom is 0.307 e. The van der Waals surface area contributed by atoms with E-state index < -0.39 is 16.4 Å². The van der Waals surface area contributed by atoms with Crippen LogP contribution in [0.15, 0.2) is 48.9 Å². The number of benzene rings is 1. The van der Waals surface area contributed by atoms with Crippen LogP contribution in [0.25, 0.3) is 16.9 Å². The number of pyridine rings is 1. The number of nitrogens with zero attached hydrogens (tertiary/aromatic N) is 5. The molecule has 0 aliphatic carbocycles. The standard InChI is InChI=1S/C19H15FN6O3/c1-11-4-3-5-15-18(22-10-25(11)15)13-6-7-21-19(23-13)24-14-9-16(26(27)28)12(20)8-17(14)29-2/h3-10H,1-2H3,(H,21,23,24). The third kappa shape index (κ3) is 3.31. The molecular formula is C19H15FN6O3. The molecule has 0 aliphatic heterocycles. The molecule has 0 amide bonds. The maximum atomic E-state index is 13.8. The predicted molar refractivity (Wildman–Crippen MR) is 104 cm³/mol. The number of nitro benzene ring substituents is 1. The third-order valence-corrected chi connectivity index (χ3v) is 4.39. The molecular weight excluding hydrogens is 379 g/mol. The highest BCUT2D eigenvalue weighted by molar-refractivity contribution is 5.76. The first-order chi connectivity index (χ1) is 14.0. The second kappa shape index (κ2) is 7.15. The third-order valence-electron chi connectivity index (χ3n) is 4.39. The van der Waals surface area contributed by atoms with Crippen LogP contribution in [0.1, 0.15) is 5.69 Å². The Morgan fingerprint density at radius 3 is 2.83 bits per heavy atom. The first kappa shape index (κ1) is 18.3. The highest BCUT2D eigenvalue weighted by Gasteiger charge is 2.20. The molecule has 0 radical (unpaired) electrons. The minimum atomic E-state index is -0.994. The van der Waals surface area contributed by atoms with E-state index in [0.717, 1.165) is 23.3 Å². The van der Waals surface area contributed by atoms with E-state index in [4.69, 9.17) is 4.74 Å². The van der Waals surface area contributed by atoms with Crippen molar-refractivity contribution in [1.29, 1.82) is 0 Å². The Bertz CT molecular complexity index is 1240. The number of nitro groups is 1. The zero-order valence-electron chi connectivity index (χ0n) is 15.5. The van der Waals surface area contributed by atoms with E-state index in [-0.39, 0.29) is 17.4 Å². The van der Waals surface area contributed by atoms with Gasteiger partial charge in [-0.1, -0.05) is 6.07 Å². The average molecular weight is 394 g/mol. The normalized spacial score (nSPS) is 10.9. The molecule has 4 rings (SSSR count). The average Bonchev–Trinajstić information content (AvgIpc) is 3.14. The van der Waals surface area contributed by atoms with Gasteiger partial charge in [0, 0.05) is 24.0 Å². The maximum absolute atomic E-state index is 13.8. The summed E-state index contributed by atoms with van der Waals surface area (Å²) in [7, 11) is 1.34. The van der Waals surface area contributed by atoms with Crippen LogP contribution in [0.5, 0.6) is 5.75 Å². The van der Waals surface area contributed by atoms with Crippen LogP contribution in [0.4, 0.5) is 21.7 Å². The van der Waals surface area contributed by atoms with Gasteiger partial charge in [-0.2, -0.15) is 4.39 Å². The van der Waals surface area contributed by atoms with Gasteiger partial charge in [0.15, 0.2) is 0 Å². The van der Waals surface area contributed by atoms with Crippen molar-refractivity contribution in [2.45, 2.75) is 6.92 Å². The Morgan fingerprint density at radius 1 is 1.24 bits per heavy atom. The van der Waals surface area contributed by atoms with E-state index in [9.17, 15) is 14.5 Å². The number of anilines is 2. The van der Waals surface area contributed by atoms with Crippen molar-refractivity contribution in [3.8, 4) is 17.1 Å². The lowest BCUT2D eigenvalue weighted by atomic mass is 10.2. The zero-order valence-corrected chi connectivity index (χ0v) is 15.5. The van der Waals surface area contributed by atoms with Crippen LogP contribution in [-0.2, 0) is 0 Å². The van der Waals surface area contributed by atoms with Crippen molar-refractivity contribution in [3.63, 3.8) is 0 Å². The second-order valence-corrected chi connectivity index (χ2v) is 6.17. The second-order valence-electron chi connectivity index (χ2n) is 6.17. The Kier molecular flexibility index (Phi) is 4.51. The summed E-state index contributed by atoms with van der Waals surface area (Å²) in [5.41, 5.74) is 2.62. The van der Waals surface area contributed by atoms with Gasteiger partial charge >= 0.3 is 5.69 Å². The number of hydrogen-bond donors (Lipinski definition) is 1. The van der Waals surface area contributed by atoms with Gasteiger partial charge in [-0.25, -0.2) is 15.0 Å².